The van der Waals surface area contributed by atoms with Gasteiger partial charge in [-0.05, 0) is 87.0 Å². The third kappa shape index (κ3) is 4.75. The molecule has 1 amide bonds. The van der Waals surface area contributed by atoms with Crippen LogP contribution in [0.15, 0.2) is 35.2 Å². The average molecular weight is 417 g/mol. The predicted molar refractivity (Wildman–Crippen MR) is 114 cm³/mol. The highest BCUT2D eigenvalue weighted by Gasteiger charge is 2.32. The lowest BCUT2D eigenvalue weighted by Gasteiger charge is -2.31. The molecule has 1 unspecified atom stereocenters. The number of rotatable bonds is 5. The van der Waals surface area contributed by atoms with Crippen molar-refractivity contribution in [1.29, 1.82) is 0 Å². The smallest absolute Gasteiger partial charge is 0.243 e. The molecule has 29 heavy (non-hydrogen) atoms. The first-order chi connectivity index (χ1) is 14.0. The van der Waals surface area contributed by atoms with Crippen LogP contribution < -0.4 is 5.32 Å². The summed E-state index contributed by atoms with van der Waals surface area (Å²) in [5.74, 6) is 0.544. The van der Waals surface area contributed by atoms with E-state index in [9.17, 15) is 13.2 Å². The summed E-state index contributed by atoms with van der Waals surface area (Å²) >= 11 is 0. The number of aryl methyl sites for hydroxylation is 2. The zero-order valence-electron chi connectivity index (χ0n) is 17.1. The summed E-state index contributed by atoms with van der Waals surface area (Å²) in [4.78, 5) is 12.9. The lowest BCUT2D eigenvalue weighted by Crippen LogP contribution is -2.43. The van der Waals surface area contributed by atoms with E-state index in [0.717, 1.165) is 45.1 Å². The van der Waals surface area contributed by atoms with Gasteiger partial charge in [-0.3, -0.25) is 4.79 Å². The number of fused-ring (bicyclic) bond motifs is 1. The van der Waals surface area contributed by atoms with Crippen LogP contribution >= 0.6 is 0 Å². The summed E-state index contributed by atoms with van der Waals surface area (Å²) in [6, 6.07) is 5.63. The molecule has 0 radical (unpaired) electrons. The van der Waals surface area contributed by atoms with Crippen LogP contribution in [0.25, 0.3) is 0 Å². The van der Waals surface area contributed by atoms with Crippen LogP contribution in [0.2, 0.25) is 0 Å². The molecule has 1 fully saturated rings. The van der Waals surface area contributed by atoms with E-state index in [4.69, 9.17) is 0 Å². The van der Waals surface area contributed by atoms with E-state index in [2.05, 4.69) is 17.5 Å². The Morgan fingerprint density at radius 3 is 2.52 bits per heavy atom. The van der Waals surface area contributed by atoms with Gasteiger partial charge in [-0.1, -0.05) is 18.2 Å². The number of carbonyl (C=O) groups excluding carboxylic acids is 1. The minimum atomic E-state index is -3.48. The first-order valence-corrected chi connectivity index (χ1v) is 12.5. The van der Waals surface area contributed by atoms with Crippen LogP contribution in [0, 0.1) is 11.8 Å². The molecule has 0 aromatic heterocycles. The third-order valence-corrected chi connectivity index (χ3v) is 8.62. The van der Waals surface area contributed by atoms with Gasteiger partial charge in [-0.2, -0.15) is 4.31 Å². The molecule has 1 atom stereocenters. The summed E-state index contributed by atoms with van der Waals surface area (Å²) in [7, 11) is -3.48. The van der Waals surface area contributed by atoms with E-state index in [-0.39, 0.29) is 11.8 Å². The Morgan fingerprint density at radius 1 is 1.03 bits per heavy atom. The van der Waals surface area contributed by atoms with Crippen molar-refractivity contribution in [2.45, 2.75) is 62.7 Å². The van der Waals surface area contributed by atoms with Gasteiger partial charge in [0.15, 0.2) is 0 Å². The minimum Gasteiger partial charge on any atom is -0.356 e. The molecule has 1 aromatic rings. The second-order valence-corrected chi connectivity index (χ2v) is 10.6. The lowest BCUT2D eigenvalue weighted by molar-refractivity contribution is -0.126. The van der Waals surface area contributed by atoms with Gasteiger partial charge >= 0.3 is 0 Å². The van der Waals surface area contributed by atoms with Crippen molar-refractivity contribution < 1.29 is 13.2 Å². The summed E-state index contributed by atoms with van der Waals surface area (Å²) in [5, 5.41) is 3.10. The zero-order chi connectivity index (χ0) is 20.3. The lowest BCUT2D eigenvalue weighted by atomic mass is 9.92. The van der Waals surface area contributed by atoms with Crippen LogP contribution in [-0.4, -0.2) is 38.3 Å². The molecule has 1 aliphatic heterocycles. The van der Waals surface area contributed by atoms with Crippen molar-refractivity contribution in [2.24, 2.45) is 11.8 Å². The molecular formula is C23H32N2O3S. The van der Waals surface area contributed by atoms with Gasteiger partial charge in [0.1, 0.15) is 0 Å². The largest absolute Gasteiger partial charge is 0.356 e. The van der Waals surface area contributed by atoms with Gasteiger partial charge in [0.25, 0.3) is 0 Å². The molecule has 2 aliphatic carbocycles. The first-order valence-electron chi connectivity index (χ1n) is 11.1. The van der Waals surface area contributed by atoms with Gasteiger partial charge in [-0.25, -0.2) is 8.42 Å². The number of carbonyl (C=O) groups is 1. The highest BCUT2D eigenvalue weighted by atomic mass is 32.2. The molecule has 1 N–H and O–H groups in total. The third-order valence-electron chi connectivity index (χ3n) is 6.73. The number of nitrogens with one attached hydrogen (secondary N) is 1. The SMILES string of the molecule is O=C(NCC1CC=CCC1)C1CCN(S(=O)(=O)c2ccc3c(c2)CCCC3)CC1. The maximum Gasteiger partial charge on any atom is 0.243 e. The summed E-state index contributed by atoms with van der Waals surface area (Å²) < 4.78 is 27.8. The second-order valence-electron chi connectivity index (χ2n) is 8.71. The Hall–Kier alpha value is -1.66. The van der Waals surface area contributed by atoms with Gasteiger partial charge < -0.3 is 5.32 Å². The summed E-state index contributed by atoms with van der Waals surface area (Å²) in [6.45, 7) is 1.57. The summed E-state index contributed by atoms with van der Waals surface area (Å²) in [6.07, 6.45) is 13.2. The number of allylic oxidation sites excluding steroid dienone is 2. The van der Waals surface area contributed by atoms with Crippen molar-refractivity contribution in [3.8, 4) is 0 Å². The maximum atomic E-state index is 13.1. The number of nitrogens with zero attached hydrogens (tertiary/aromatic N) is 1. The zero-order valence-corrected chi connectivity index (χ0v) is 17.9. The van der Waals surface area contributed by atoms with Crippen LogP contribution in [0.5, 0.6) is 0 Å². The van der Waals surface area contributed by atoms with Crippen molar-refractivity contribution in [1.82, 2.24) is 9.62 Å². The first kappa shape index (κ1) is 20.6. The van der Waals surface area contributed by atoms with Gasteiger partial charge in [0.05, 0.1) is 4.90 Å². The number of hydrogen-bond donors (Lipinski definition) is 1. The molecule has 1 saturated heterocycles. The highest BCUT2D eigenvalue weighted by molar-refractivity contribution is 7.89. The molecule has 0 bridgehead atoms. The van der Waals surface area contributed by atoms with Crippen LogP contribution in [-0.2, 0) is 27.7 Å². The van der Waals surface area contributed by atoms with Crippen molar-refractivity contribution in [3.63, 3.8) is 0 Å². The van der Waals surface area contributed by atoms with Crippen LogP contribution in [0.1, 0.15) is 56.1 Å². The maximum absolute atomic E-state index is 13.1. The molecule has 0 saturated carbocycles. The Kier molecular flexibility index (Phi) is 6.40. The number of amides is 1. The Bertz CT molecular complexity index is 870. The van der Waals surface area contributed by atoms with Crippen molar-refractivity contribution in [2.75, 3.05) is 19.6 Å². The molecular weight excluding hydrogens is 384 g/mol. The molecule has 3 aliphatic rings. The second kappa shape index (κ2) is 9.00. The van der Waals surface area contributed by atoms with E-state index >= 15 is 0 Å². The Morgan fingerprint density at radius 2 is 1.79 bits per heavy atom. The topological polar surface area (TPSA) is 66.5 Å². The van der Waals surface area contributed by atoms with E-state index < -0.39 is 10.0 Å². The van der Waals surface area contributed by atoms with Gasteiger partial charge in [0.2, 0.25) is 15.9 Å². The molecule has 5 nitrogen and oxygen atoms in total. The molecule has 1 aromatic carbocycles. The van der Waals surface area contributed by atoms with Crippen molar-refractivity contribution in [3.05, 3.63) is 41.5 Å². The number of hydrogen-bond acceptors (Lipinski definition) is 3. The van der Waals surface area contributed by atoms with E-state index in [1.165, 1.54) is 17.5 Å². The normalized spacial score (nSPS) is 23.5. The van der Waals surface area contributed by atoms with Crippen LogP contribution in [0.4, 0.5) is 0 Å². The average Bonchev–Trinajstić information content (AvgIpc) is 2.78. The predicted octanol–water partition coefficient (Wildman–Crippen LogP) is 3.44. The van der Waals surface area contributed by atoms with Gasteiger partial charge in [-0.15, -0.1) is 0 Å². The van der Waals surface area contributed by atoms with Gasteiger partial charge in [0, 0.05) is 25.6 Å². The highest BCUT2D eigenvalue weighted by Crippen LogP contribution is 2.28. The fourth-order valence-corrected chi connectivity index (χ4v) is 6.33. The minimum absolute atomic E-state index is 0.0795. The van der Waals surface area contributed by atoms with Crippen LogP contribution in [0.3, 0.4) is 0 Å². The Labute approximate surface area is 174 Å². The molecule has 6 heteroatoms. The van der Waals surface area contributed by atoms with E-state index in [0.29, 0.717) is 36.7 Å². The van der Waals surface area contributed by atoms with E-state index in [1.807, 2.05) is 12.1 Å². The quantitative estimate of drug-likeness (QED) is 0.748. The standard InChI is InChI=1S/C23H32N2O3S/c26-23(24-17-18-6-2-1-3-7-18)20-12-14-25(15-13-20)29(27,28)22-11-10-19-8-4-5-9-21(19)16-22/h1-2,10-11,16,18,20H,3-9,12-15,17H2,(H,24,26). The number of piperidine rings is 1. The fraction of sp³-hybridized carbons (Fsp3) is 0.609. The number of benzene rings is 1. The monoisotopic (exact) mass is 416 g/mol. The molecule has 0 spiro atoms. The molecule has 1 heterocycles. The van der Waals surface area contributed by atoms with Crippen molar-refractivity contribution >= 4 is 15.9 Å². The number of sulfonamides is 1. The summed E-state index contributed by atoms with van der Waals surface area (Å²) in [5.41, 5.74) is 2.48. The fourth-order valence-electron chi connectivity index (χ4n) is 4.81. The Balaban J connectivity index is 1.32. The van der Waals surface area contributed by atoms with E-state index in [1.54, 1.807) is 10.4 Å². The molecule has 4 rings (SSSR count). The molecule has 158 valence electrons.